The molecule has 53 heavy (non-hydrogen) atoms. The van der Waals surface area contributed by atoms with Gasteiger partial charge >= 0.3 is 5.97 Å². The highest BCUT2D eigenvalue weighted by Crippen LogP contribution is 2.22. The Hall–Kier alpha value is -2.37. The molecule has 0 amide bonds. The minimum Gasteiger partial charge on any atom is -0.457 e. The minimum atomic E-state index is -1.55. The van der Waals surface area contributed by atoms with Gasteiger partial charge in [0.15, 0.2) is 6.29 Å². The first kappa shape index (κ1) is 48.6. The zero-order chi connectivity index (χ0) is 38.6. The molecular formula is C44H74O9. The topological polar surface area (TPSA) is 135 Å². The number of unbranched alkanes of at least 4 members (excludes halogenated alkanes) is 10. The Bertz CT molecular complexity index is 1030. The minimum absolute atomic E-state index is 0.0835. The van der Waals surface area contributed by atoms with Crippen molar-refractivity contribution in [2.45, 2.75) is 173 Å². The summed E-state index contributed by atoms with van der Waals surface area (Å²) >= 11 is 0. The molecule has 9 heteroatoms. The van der Waals surface area contributed by atoms with Gasteiger partial charge in [-0.3, -0.25) is 4.79 Å². The molecule has 0 radical (unpaired) electrons. The van der Waals surface area contributed by atoms with Crippen molar-refractivity contribution in [3.63, 3.8) is 0 Å². The Morgan fingerprint density at radius 1 is 0.623 bits per heavy atom. The SMILES string of the molecule is CC/C=C\C/C=C\C/C=C\C/C=C\C/C=C\CCOCC(COC1OC(CO)C(O)C(O)C1O)OC(=O)CCCCCCC/C=C\CCCCCCC. The van der Waals surface area contributed by atoms with Crippen molar-refractivity contribution in [1.82, 2.24) is 0 Å². The summed E-state index contributed by atoms with van der Waals surface area (Å²) in [5, 5.41) is 40.0. The maximum atomic E-state index is 12.7. The third-order valence-corrected chi connectivity index (χ3v) is 8.88. The van der Waals surface area contributed by atoms with Gasteiger partial charge in [0.25, 0.3) is 0 Å². The maximum Gasteiger partial charge on any atom is 0.306 e. The fourth-order valence-electron chi connectivity index (χ4n) is 5.67. The van der Waals surface area contributed by atoms with Gasteiger partial charge in [-0.25, -0.2) is 0 Å². The van der Waals surface area contributed by atoms with Crippen LogP contribution >= 0.6 is 0 Å². The number of aliphatic hydroxyl groups excluding tert-OH is 4. The molecule has 6 unspecified atom stereocenters. The van der Waals surface area contributed by atoms with E-state index >= 15 is 0 Å². The first-order valence-electron chi connectivity index (χ1n) is 20.5. The van der Waals surface area contributed by atoms with Gasteiger partial charge in [-0.2, -0.15) is 0 Å². The average molecular weight is 747 g/mol. The highest BCUT2D eigenvalue weighted by Gasteiger charge is 2.44. The normalized spacial score (nSPS) is 21.8. The van der Waals surface area contributed by atoms with E-state index in [1.165, 1.54) is 38.5 Å². The summed E-state index contributed by atoms with van der Waals surface area (Å²) in [5.41, 5.74) is 0. The lowest BCUT2D eigenvalue weighted by atomic mass is 9.99. The molecule has 1 fully saturated rings. The number of esters is 1. The number of carbonyl (C=O) groups excluding carboxylic acids is 1. The number of rotatable bonds is 33. The number of ether oxygens (including phenoxy) is 4. The zero-order valence-corrected chi connectivity index (χ0v) is 33.0. The molecule has 1 saturated heterocycles. The van der Waals surface area contributed by atoms with E-state index in [4.69, 9.17) is 18.9 Å². The lowest BCUT2D eigenvalue weighted by molar-refractivity contribution is -0.305. The van der Waals surface area contributed by atoms with Gasteiger partial charge in [-0.15, -0.1) is 0 Å². The number of hydrogen-bond donors (Lipinski definition) is 4. The van der Waals surface area contributed by atoms with Gasteiger partial charge in [0.2, 0.25) is 0 Å². The van der Waals surface area contributed by atoms with Crippen molar-refractivity contribution < 1.29 is 44.2 Å². The van der Waals surface area contributed by atoms with E-state index in [1.807, 2.05) is 0 Å². The maximum absolute atomic E-state index is 12.7. The average Bonchev–Trinajstić information content (AvgIpc) is 3.16. The van der Waals surface area contributed by atoms with E-state index in [0.717, 1.165) is 70.6 Å². The van der Waals surface area contributed by atoms with Crippen LogP contribution in [0.4, 0.5) is 0 Å². The Kier molecular flexibility index (Phi) is 32.4. The van der Waals surface area contributed by atoms with Crippen LogP contribution in [0.2, 0.25) is 0 Å². The number of allylic oxidation sites excluding steroid dienone is 11. The van der Waals surface area contributed by atoms with Crippen LogP contribution in [0, 0.1) is 0 Å². The summed E-state index contributed by atoms with van der Waals surface area (Å²) in [5.74, 6) is -0.351. The van der Waals surface area contributed by atoms with E-state index in [2.05, 4.69) is 86.8 Å². The summed E-state index contributed by atoms with van der Waals surface area (Å²) in [6.45, 7) is 4.18. The van der Waals surface area contributed by atoms with Crippen molar-refractivity contribution in [3.05, 3.63) is 72.9 Å². The number of carbonyl (C=O) groups is 1. The smallest absolute Gasteiger partial charge is 0.306 e. The number of hydrogen-bond acceptors (Lipinski definition) is 9. The van der Waals surface area contributed by atoms with Gasteiger partial charge in [0.1, 0.15) is 30.5 Å². The molecular weight excluding hydrogens is 672 g/mol. The molecule has 0 saturated carbocycles. The monoisotopic (exact) mass is 747 g/mol. The van der Waals surface area contributed by atoms with E-state index in [9.17, 15) is 25.2 Å². The van der Waals surface area contributed by atoms with Crippen LogP contribution in [0.25, 0.3) is 0 Å². The van der Waals surface area contributed by atoms with Crippen LogP contribution in [0.5, 0.6) is 0 Å². The van der Waals surface area contributed by atoms with E-state index < -0.39 is 43.4 Å². The first-order valence-corrected chi connectivity index (χ1v) is 20.5. The van der Waals surface area contributed by atoms with E-state index in [0.29, 0.717) is 13.0 Å². The van der Waals surface area contributed by atoms with Crippen LogP contribution in [-0.2, 0) is 23.7 Å². The second-order valence-corrected chi connectivity index (χ2v) is 13.7. The molecule has 1 aliphatic heterocycles. The molecule has 0 aliphatic carbocycles. The van der Waals surface area contributed by atoms with E-state index in [-0.39, 0.29) is 25.6 Å². The zero-order valence-electron chi connectivity index (χ0n) is 33.0. The van der Waals surface area contributed by atoms with Crippen molar-refractivity contribution in [2.75, 3.05) is 26.4 Å². The van der Waals surface area contributed by atoms with Gasteiger partial charge < -0.3 is 39.4 Å². The van der Waals surface area contributed by atoms with Crippen LogP contribution in [0.15, 0.2) is 72.9 Å². The lowest BCUT2D eigenvalue weighted by Gasteiger charge is -2.39. The summed E-state index contributed by atoms with van der Waals surface area (Å²) in [6, 6.07) is 0. The van der Waals surface area contributed by atoms with Crippen molar-refractivity contribution >= 4 is 5.97 Å². The van der Waals surface area contributed by atoms with Crippen LogP contribution in [0.1, 0.15) is 136 Å². The molecule has 1 heterocycles. The summed E-state index contributed by atoms with van der Waals surface area (Å²) in [6.07, 6.45) is 38.0. The van der Waals surface area contributed by atoms with Crippen LogP contribution in [-0.4, -0.2) is 89.6 Å². The van der Waals surface area contributed by atoms with Crippen molar-refractivity contribution in [2.24, 2.45) is 0 Å². The molecule has 0 spiro atoms. The second-order valence-electron chi connectivity index (χ2n) is 13.7. The van der Waals surface area contributed by atoms with Gasteiger partial charge in [-0.1, -0.05) is 132 Å². The molecule has 6 atom stereocenters. The largest absolute Gasteiger partial charge is 0.457 e. The quantitative estimate of drug-likeness (QED) is 0.0296. The summed E-state index contributed by atoms with van der Waals surface area (Å²) < 4.78 is 22.6. The van der Waals surface area contributed by atoms with Gasteiger partial charge in [-0.05, 0) is 70.6 Å². The molecule has 0 bridgehead atoms. The molecule has 1 aliphatic rings. The Morgan fingerprint density at radius 3 is 1.74 bits per heavy atom. The molecule has 0 aromatic heterocycles. The van der Waals surface area contributed by atoms with Crippen molar-refractivity contribution in [3.8, 4) is 0 Å². The predicted octanol–water partition coefficient (Wildman–Crippen LogP) is 8.52. The second kappa shape index (κ2) is 35.3. The molecule has 1 rings (SSSR count). The first-order chi connectivity index (χ1) is 25.9. The Balaban J connectivity index is 2.38. The molecule has 4 N–H and O–H groups in total. The Labute approximate surface area is 321 Å². The van der Waals surface area contributed by atoms with E-state index in [1.54, 1.807) is 0 Å². The fourth-order valence-corrected chi connectivity index (χ4v) is 5.67. The third kappa shape index (κ3) is 27.0. The Morgan fingerprint density at radius 2 is 1.15 bits per heavy atom. The van der Waals surface area contributed by atoms with Crippen LogP contribution < -0.4 is 0 Å². The highest BCUT2D eigenvalue weighted by atomic mass is 16.7. The van der Waals surface area contributed by atoms with Crippen molar-refractivity contribution in [1.29, 1.82) is 0 Å². The highest BCUT2D eigenvalue weighted by molar-refractivity contribution is 5.69. The molecule has 0 aromatic rings. The molecule has 0 aromatic carbocycles. The summed E-state index contributed by atoms with van der Waals surface area (Å²) in [4.78, 5) is 12.7. The predicted molar refractivity (Wildman–Crippen MR) is 214 cm³/mol. The van der Waals surface area contributed by atoms with Crippen LogP contribution in [0.3, 0.4) is 0 Å². The lowest BCUT2D eigenvalue weighted by Crippen LogP contribution is -2.59. The van der Waals surface area contributed by atoms with Gasteiger partial charge in [0.05, 0.1) is 26.4 Å². The molecule has 9 nitrogen and oxygen atoms in total. The molecule has 304 valence electrons. The standard InChI is InChI=1S/C44H74O9/c1-3-5-7-9-11-13-15-17-19-20-22-24-26-28-30-32-34-50-36-38(37-51-44-43(49)42(48)41(47)39(35-45)53-44)52-40(46)33-31-29-27-25-23-21-18-16-14-12-10-8-6-4-2/h5,7,11,13,16-19,22,24,28,30,38-39,41-45,47-49H,3-4,6,8-10,12,14-15,20-21,23,25-27,29,31-37H2,1-2H3/b7-5-,13-11-,18-16-,19-17-,24-22-,30-28-. The number of aliphatic hydroxyl groups is 4. The van der Waals surface area contributed by atoms with Gasteiger partial charge in [0, 0.05) is 6.42 Å². The fraction of sp³-hybridized carbons (Fsp3) is 0.705. The summed E-state index contributed by atoms with van der Waals surface area (Å²) in [7, 11) is 0. The third-order valence-electron chi connectivity index (χ3n) is 8.88.